The van der Waals surface area contributed by atoms with E-state index in [1.165, 1.54) is 17.4 Å². The number of carbonyl (C=O) groups excluding carboxylic acids is 1. The molecule has 4 nitrogen and oxygen atoms in total. The van der Waals surface area contributed by atoms with Crippen LogP contribution < -0.4 is 0 Å². The summed E-state index contributed by atoms with van der Waals surface area (Å²) in [6, 6.07) is 14.5. The normalized spacial score (nSPS) is 13.5. The molecule has 1 N–H and O–H groups in total. The number of carbonyl (C=O) groups is 2. The first-order chi connectivity index (χ1) is 13.4. The zero-order chi connectivity index (χ0) is 19.8. The molecule has 4 rings (SSSR count). The molecule has 1 aliphatic rings. The summed E-state index contributed by atoms with van der Waals surface area (Å²) in [6.45, 7) is 1.01. The summed E-state index contributed by atoms with van der Waals surface area (Å²) in [6.07, 6.45) is 0.784. The summed E-state index contributed by atoms with van der Waals surface area (Å²) in [7, 11) is 0. The number of rotatable bonds is 4. The summed E-state index contributed by atoms with van der Waals surface area (Å²) in [5, 5.41) is 9.94. The van der Waals surface area contributed by atoms with Crippen molar-refractivity contribution in [2.75, 3.05) is 6.54 Å². The van der Waals surface area contributed by atoms with Crippen LogP contribution in [0.2, 0.25) is 10.0 Å². The zero-order valence-corrected chi connectivity index (χ0v) is 16.9. The van der Waals surface area contributed by atoms with Crippen LogP contribution in [-0.2, 0) is 13.0 Å². The minimum absolute atomic E-state index is 0.00935. The lowest BCUT2D eigenvalue weighted by Crippen LogP contribution is -2.36. The van der Waals surface area contributed by atoms with Crippen LogP contribution >= 0.6 is 34.5 Å². The van der Waals surface area contributed by atoms with Gasteiger partial charge in [0.05, 0.1) is 15.5 Å². The van der Waals surface area contributed by atoms with Gasteiger partial charge in [0, 0.05) is 23.0 Å². The van der Waals surface area contributed by atoms with Gasteiger partial charge in [0.15, 0.2) is 0 Å². The molecule has 0 fully saturated rings. The molecule has 7 heteroatoms. The average molecular weight is 432 g/mol. The van der Waals surface area contributed by atoms with Crippen molar-refractivity contribution in [3.63, 3.8) is 0 Å². The number of aromatic carboxylic acids is 1. The molecule has 0 atom stereocenters. The van der Waals surface area contributed by atoms with Gasteiger partial charge in [0.2, 0.25) is 0 Å². The Morgan fingerprint density at radius 2 is 1.86 bits per heavy atom. The van der Waals surface area contributed by atoms with Gasteiger partial charge in [-0.15, -0.1) is 11.3 Å². The predicted octanol–water partition coefficient (Wildman–Crippen LogP) is 5.62. The van der Waals surface area contributed by atoms with Crippen molar-refractivity contribution in [1.82, 2.24) is 4.90 Å². The van der Waals surface area contributed by atoms with Gasteiger partial charge >= 0.3 is 5.97 Å². The minimum atomic E-state index is -1.07. The third-order valence-electron chi connectivity index (χ3n) is 4.71. The molecule has 1 aliphatic heterocycles. The van der Waals surface area contributed by atoms with E-state index in [1.807, 2.05) is 24.3 Å². The first kappa shape index (κ1) is 19.0. The Balaban J connectivity index is 1.56. The fourth-order valence-electron chi connectivity index (χ4n) is 3.25. The van der Waals surface area contributed by atoms with Crippen LogP contribution in [0.1, 0.15) is 31.2 Å². The van der Waals surface area contributed by atoms with E-state index >= 15 is 0 Å². The number of carboxylic acids is 1. The highest BCUT2D eigenvalue weighted by Crippen LogP contribution is 2.35. The lowest BCUT2D eigenvalue weighted by molar-refractivity contribution is 0.0693. The third kappa shape index (κ3) is 3.65. The van der Waals surface area contributed by atoms with Crippen molar-refractivity contribution in [3.05, 3.63) is 80.1 Å². The number of carboxylic acid groups (broad SMARTS) is 1. The molecule has 1 aromatic heterocycles. The van der Waals surface area contributed by atoms with Crippen molar-refractivity contribution < 1.29 is 14.7 Å². The molecule has 0 bridgehead atoms. The summed E-state index contributed by atoms with van der Waals surface area (Å²) < 4.78 is 0. The van der Waals surface area contributed by atoms with Gasteiger partial charge in [-0.1, -0.05) is 41.4 Å². The lowest BCUT2D eigenvalue weighted by atomic mass is 10.0. The monoisotopic (exact) mass is 431 g/mol. The second-order valence-corrected chi connectivity index (χ2v) is 8.46. The van der Waals surface area contributed by atoms with Gasteiger partial charge < -0.3 is 10.0 Å². The van der Waals surface area contributed by atoms with E-state index in [2.05, 4.69) is 6.07 Å². The molecule has 0 radical (unpaired) electrons. The second-order valence-electron chi connectivity index (χ2n) is 6.57. The Bertz CT molecular complexity index is 1080. The van der Waals surface area contributed by atoms with Crippen molar-refractivity contribution in [2.24, 2.45) is 0 Å². The van der Waals surface area contributed by atoms with Crippen LogP contribution in [0, 0.1) is 0 Å². The van der Waals surface area contributed by atoms with Crippen LogP contribution in [0.5, 0.6) is 0 Å². The van der Waals surface area contributed by atoms with Gasteiger partial charge in [0.1, 0.15) is 0 Å². The van der Waals surface area contributed by atoms with Crippen molar-refractivity contribution in [2.45, 2.75) is 13.0 Å². The first-order valence-electron chi connectivity index (χ1n) is 8.62. The van der Waals surface area contributed by atoms with Crippen molar-refractivity contribution in [3.8, 4) is 10.4 Å². The highest BCUT2D eigenvalue weighted by Gasteiger charge is 2.27. The molecule has 0 saturated heterocycles. The van der Waals surface area contributed by atoms with E-state index in [4.69, 9.17) is 28.3 Å². The molecule has 3 aromatic rings. The predicted molar refractivity (Wildman–Crippen MR) is 112 cm³/mol. The highest BCUT2D eigenvalue weighted by molar-refractivity contribution is 7.17. The molecule has 0 saturated carbocycles. The Morgan fingerprint density at radius 1 is 1.11 bits per heavy atom. The Morgan fingerprint density at radius 3 is 2.54 bits per heavy atom. The molecule has 1 amide bonds. The first-order valence-corrected chi connectivity index (χ1v) is 10.2. The smallest absolute Gasteiger partial charge is 0.337 e. The standard InChI is InChI=1S/C21H15Cl2NO3S/c22-15-4-2-13(3-5-15)18-10-14-7-8-24(20(25)19(14)28-18)11-12-1-6-16(21(26)27)17(23)9-12/h1-6,9-10H,7-8,11H2,(H,26,27). The number of benzene rings is 2. The van der Waals surface area contributed by atoms with Crippen LogP contribution in [0.4, 0.5) is 0 Å². The number of halogens is 2. The summed E-state index contributed by atoms with van der Waals surface area (Å²) >= 11 is 13.5. The van der Waals surface area contributed by atoms with Gasteiger partial charge in [0.25, 0.3) is 5.91 Å². The zero-order valence-electron chi connectivity index (χ0n) is 14.6. The molecule has 28 heavy (non-hydrogen) atoms. The van der Waals surface area contributed by atoms with Crippen LogP contribution in [0.15, 0.2) is 48.5 Å². The van der Waals surface area contributed by atoms with Crippen molar-refractivity contribution in [1.29, 1.82) is 0 Å². The minimum Gasteiger partial charge on any atom is -0.478 e. The molecule has 0 aliphatic carbocycles. The number of hydrogen-bond donors (Lipinski definition) is 1. The van der Waals surface area contributed by atoms with Crippen LogP contribution in [0.3, 0.4) is 0 Å². The maximum atomic E-state index is 13.0. The number of nitrogens with zero attached hydrogens (tertiary/aromatic N) is 1. The number of fused-ring (bicyclic) bond motifs is 1. The Kier molecular flexibility index (Phi) is 5.15. The Labute approximate surface area is 175 Å². The largest absolute Gasteiger partial charge is 0.478 e. The van der Waals surface area contributed by atoms with Gasteiger partial charge in [-0.05, 0) is 53.4 Å². The van der Waals surface area contributed by atoms with E-state index in [-0.39, 0.29) is 16.5 Å². The molecule has 0 spiro atoms. The summed E-state index contributed by atoms with van der Waals surface area (Å²) in [5.74, 6) is -1.08. The SMILES string of the molecule is O=C(O)c1ccc(CN2CCc3cc(-c4ccc(Cl)cc4)sc3C2=O)cc1Cl. The number of hydrogen-bond acceptors (Lipinski definition) is 3. The molecular formula is C21H15Cl2NO3S. The highest BCUT2D eigenvalue weighted by atomic mass is 35.5. The lowest BCUT2D eigenvalue weighted by Gasteiger charge is -2.26. The van der Waals surface area contributed by atoms with E-state index in [1.54, 1.807) is 17.0 Å². The van der Waals surface area contributed by atoms with E-state index in [0.717, 1.165) is 32.9 Å². The quantitative estimate of drug-likeness (QED) is 0.582. The van der Waals surface area contributed by atoms with E-state index in [9.17, 15) is 9.59 Å². The third-order valence-corrected chi connectivity index (χ3v) is 6.49. The molecule has 142 valence electrons. The molecule has 2 heterocycles. The topological polar surface area (TPSA) is 57.6 Å². The fourth-order valence-corrected chi connectivity index (χ4v) is 4.85. The maximum absolute atomic E-state index is 13.0. The molecular weight excluding hydrogens is 417 g/mol. The van der Waals surface area contributed by atoms with Crippen LogP contribution in [-0.4, -0.2) is 28.4 Å². The van der Waals surface area contributed by atoms with Gasteiger partial charge in [-0.25, -0.2) is 4.79 Å². The maximum Gasteiger partial charge on any atom is 0.337 e. The van der Waals surface area contributed by atoms with Gasteiger partial charge in [-0.3, -0.25) is 4.79 Å². The molecule has 2 aromatic carbocycles. The summed E-state index contributed by atoms with van der Waals surface area (Å²) in [5.41, 5.74) is 2.97. The van der Waals surface area contributed by atoms with Crippen LogP contribution in [0.25, 0.3) is 10.4 Å². The van der Waals surface area contributed by atoms with Crippen molar-refractivity contribution >= 4 is 46.4 Å². The van der Waals surface area contributed by atoms with E-state index < -0.39 is 5.97 Å². The van der Waals surface area contributed by atoms with Gasteiger partial charge in [-0.2, -0.15) is 0 Å². The Hall–Kier alpha value is -2.34. The van der Waals surface area contributed by atoms with E-state index in [0.29, 0.717) is 18.1 Å². The average Bonchev–Trinajstić information content (AvgIpc) is 3.09. The number of amides is 1. The number of thiophene rings is 1. The summed E-state index contributed by atoms with van der Waals surface area (Å²) in [4.78, 5) is 27.6. The second kappa shape index (κ2) is 7.59. The fraction of sp³-hybridized carbons (Fsp3) is 0.143. The molecule has 0 unspecified atom stereocenters.